The first kappa shape index (κ1) is 25.2. The molecular weight excluding hydrogens is 438 g/mol. The monoisotopic (exact) mass is 477 g/mol. The number of piperidine rings is 1. The van der Waals surface area contributed by atoms with Gasteiger partial charge in [-0.2, -0.15) is 0 Å². The van der Waals surface area contributed by atoms with E-state index in [2.05, 4.69) is 43.2 Å². The highest BCUT2D eigenvalue weighted by atomic mass is 16.5. The van der Waals surface area contributed by atoms with Crippen LogP contribution in [-0.2, 0) is 10.2 Å². The van der Waals surface area contributed by atoms with E-state index < -0.39 is 0 Å². The van der Waals surface area contributed by atoms with E-state index in [4.69, 9.17) is 4.74 Å². The number of anilines is 2. The second kappa shape index (κ2) is 10.8. The molecule has 2 saturated heterocycles. The maximum atomic E-state index is 13.3. The Balaban J connectivity index is 1.52. The van der Waals surface area contributed by atoms with Crippen LogP contribution < -0.4 is 15.5 Å². The SMILES string of the molecule is CC1CCN(c2ccc(NC(=O)c3ccc(C(C)(C)C)cc3)cc2C(=O)NCC2CCCO2)CC1. The minimum Gasteiger partial charge on any atom is -0.376 e. The lowest BCUT2D eigenvalue weighted by molar-refractivity contribution is 0.0858. The third-order valence-electron chi connectivity index (χ3n) is 7.15. The molecule has 2 heterocycles. The van der Waals surface area contributed by atoms with E-state index in [1.54, 1.807) is 6.07 Å². The van der Waals surface area contributed by atoms with Crippen LogP contribution in [-0.4, -0.2) is 44.2 Å². The summed E-state index contributed by atoms with van der Waals surface area (Å²) in [6.07, 6.45) is 4.31. The van der Waals surface area contributed by atoms with Crippen molar-refractivity contribution in [1.29, 1.82) is 0 Å². The third kappa shape index (κ3) is 6.43. The molecule has 1 unspecified atom stereocenters. The number of benzene rings is 2. The Labute approximate surface area is 209 Å². The molecule has 2 aromatic rings. The summed E-state index contributed by atoms with van der Waals surface area (Å²) < 4.78 is 5.67. The lowest BCUT2D eigenvalue weighted by Gasteiger charge is -2.33. The second-order valence-electron chi connectivity index (χ2n) is 11.0. The molecule has 2 aliphatic rings. The molecule has 0 aromatic heterocycles. The molecule has 0 saturated carbocycles. The van der Waals surface area contributed by atoms with Crippen molar-refractivity contribution in [3.05, 3.63) is 59.2 Å². The van der Waals surface area contributed by atoms with E-state index >= 15 is 0 Å². The average Bonchev–Trinajstić information content (AvgIpc) is 3.36. The smallest absolute Gasteiger partial charge is 0.255 e. The Bertz CT molecular complexity index is 1030. The third-order valence-corrected chi connectivity index (χ3v) is 7.15. The summed E-state index contributed by atoms with van der Waals surface area (Å²) in [5.74, 6) is 0.391. The van der Waals surface area contributed by atoms with Crippen molar-refractivity contribution in [2.45, 2.75) is 64.9 Å². The number of amides is 2. The summed E-state index contributed by atoms with van der Waals surface area (Å²) in [5.41, 5.74) is 3.94. The van der Waals surface area contributed by atoms with E-state index in [-0.39, 0.29) is 23.3 Å². The Kier molecular flexibility index (Phi) is 7.80. The molecule has 188 valence electrons. The molecule has 0 bridgehead atoms. The molecule has 2 N–H and O–H groups in total. The largest absolute Gasteiger partial charge is 0.376 e. The Hall–Kier alpha value is -2.86. The Morgan fingerprint density at radius 2 is 1.71 bits per heavy atom. The molecule has 2 amide bonds. The molecule has 2 fully saturated rings. The van der Waals surface area contributed by atoms with Gasteiger partial charge in [-0.05, 0) is 72.9 Å². The first-order valence-electron chi connectivity index (χ1n) is 12.9. The topological polar surface area (TPSA) is 70.7 Å². The van der Waals surface area contributed by atoms with Crippen molar-refractivity contribution < 1.29 is 14.3 Å². The number of rotatable bonds is 6. The van der Waals surface area contributed by atoms with Crippen LogP contribution in [0.2, 0.25) is 0 Å². The summed E-state index contributed by atoms with van der Waals surface area (Å²) in [6, 6.07) is 13.4. The quantitative estimate of drug-likeness (QED) is 0.586. The van der Waals surface area contributed by atoms with Crippen LogP contribution in [0.4, 0.5) is 11.4 Å². The number of nitrogens with zero attached hydrogens (tertiary/aromatic N) is 1. The van der Waals surface area contributed by atoms with Crippen LogP contribution in [0.3, 0.4) is 0 Å². The van der Waals surface area contributed by atoms with Crippen molar-refractivity contribution in [3.63, 3.8) is 0 Å². The highest BCUT2D eigenvalue weighted by molar-refractivity contribution is 6.06. The van der Waals surface area contributed by atoms with Gasteiger partial charge in [0.15, 0.2) is 0 Å². The van der Waals surface area contributed by atoms with Crippen LogP contribution in [0.5, 0.6) is 0 Å². The number of carbonyl (C=O) groups excluding carboxylic acids is 2. The summed E-state index contributed by atoms with van der Waals surface area (Å²) in [4.78, 5) is 28.5. The fourth-order valence-electron chi connectivity index (χ4n) is 4.75. The molecule has 2 aromatic carbocycles. The molecule has 6 heteroatoms. The zero-order chi connectivity index (χ0) is 25.0. The first-order valence-corrected chi connectivity index (χ1v) is 12.9. The fourth-order valence-corrected chi connectivity index (χ4v) is 4.75. The van der Waals surface area contributed by atoms with Crippen molar-refractivity contribution in [1.82, 2.24) is 5.32 Å². The lowest BCUT2D eigenvalue weighted by Crippen LogP contribution is -2.36. The van der Waals surface area contributed by atoms with Crippen molar-refractivity contribution in [2.75, 3.05) is 36.5 Å². The molecule has 6 nitrogen and oxygen atoms in total. The molecule has 35 heavy (non-hydrogen) atoms. The number of carbonyl (C=O) groups is 2. The van der Waals surface area contributed by atoms with E-state index in [1.165, 1.54) is 5.56 Å². The van der Waals surface area contributed by atoms with Gasteiger partial charge in [-0.25, -0.2) is 0 Å². The lowest BCUT2D eigenvalue weighted by atomic mass is 9.87. The normalized spacial score (nSPS) is 19.0. The summed E-state index contributed by atoms with van der Waals surface area (Å²) in [5, 5.41) is 6.04. The highest BCUT2D eigenvalue weighted by Gasteiger charge is 2.23. The van der Waals surface area contributed by atoms with Crippen LogP contribution in [0.15, 0.2) is 42.5 Å². The van der Waals surface area contributed by atoms with Crippen LogP contribution >= 0.6 is 0 Å². The number of nitrogens with one attached hydrogen (secondary N) is 2. The van der Waals surface area contributed by atoms with Gasteiger partial charge in [0.1, 0.15) is 0 Å². The van der Waals surface area contributed by atoms with Crippen molar-refractivity contribution in [2.24, 2.45) is 5.92 Å². The molecule has 0 aliphatic carbocycles. The zero-order valence-corrected chi connectivity index (χ0v) is 21.5. The first-order chi connectivity index (χ1) is 16.7. The standard InChI is InChI=1S/C29H39N3O3/c1-20-13-15-32(16-14-20)26-12-11-23(18-25(26)28(34)30-19-24-6-5-17-35-24)31-27(33)21-7-9-22(10-8-21)29(2,3)4/h7-12,18,20,24H,5-6,13-17,19H2,1-4H3,(H,30,34)(H,31,33). The van der Waals surface area contributed by atoms with Crippen molar-refractivity contribution in [3.8, 4) is 0 Å². The van der Waals surface area contributed by atoms with Gasteiger partial charge >= 0.3 is 0 Å². The number of hydrogen-bond acceptors (Lipinski definition) is 4. The maximum Gasteiger partial charge on any atom is 0.255 e. The van der Waals surface area contributed by atoms with E-state index in [1.807, 2.05) is 36.4 Å². The summed E-state index contributed by atoms with van der Waals surface area (Å²) >= 11 is 0. The van der Waals surface area contributed by atoms with Gasteiger partial charge in [0.05, 0.1) is 11.7 Å². The van der Waals surface area contributed by atoms with Crippen LogP contribution in [0.1, 0.15) is 79.7 Å². The molecular formula is C29H39N3O3. The molecule has 2 aliphatic heterocycles. The van der Waals surface area contributed by atoms with Gasteiger partial charge in [-0.15, -0.1) is 0 Å². The van der Waals surface area contributed by atoms with Gasteiger partial charge < -0.3 is 20.3 Å². The zero-order valence-electron chi connectivity index (χ0n) is 21.5. The van der Waals surface area contributed by atoms with Gasteiger partial charge in [-0.1, -0.05) is 39.8 Å². The molecule has 0 radical (unpaired) electrons. The van der Waals surface area contributed by atoms with Gasteiger partial charge in [0.25, 0.3) is 11.8 Å². The minimum atomic E-state index is -0.185. The van der Waals surface area contributed by atoms with Gasteiger partial charge in [0, 0.05) is 43.2 Å². The number of hydrogen-bond donors (Lipinski definition) is 2. The highest BCUT2D eigenvalue weighted by Crippen LogP contribution is 2.29. The molecule has 4 rings (SSSR count). The second-order valence-corrected chi connectivity index (χ2v) is 11.0. The predicted octanol–water partition coefficient (Wildman–Crippen LogP) is 5.38. The Morgan fingerprint density at radius 3 is 2.34 bits per heavy atom. The van der Waals surface area contributed by atoms with Crippen molar-refractivity contribution >= 4 is 23.2 Å². The fraction of sp³-hybridized carbons (Fsp3) is 0.517. The van der Waals surface area contributed by atoms with Gasteiger partial charge in [-0.3, -0.25) is 9.59 Å². The van der Waals surface area contributed by atoms with E-state index in [9.17, 15) is 9.59 Å². The molecule has 1 atom stereocenters. The summed E-state index contributed by atoms with van der Waals surface area (Å²) in [6.45, 7) is 11.9. The maximum absolute atomic E-state index is 13.3. The van der Waals surface area contributed by atoms with Crippen LogP contribution in [0.25, 0.3) is 0 Å². The van der Waals surface area contributed by atoms with Gasteiger partial charge in [0.2, 0.25) is 0 Å². The van der Waals surface area contributed by atoms with Crippen LogP contribution in [0, 0.1) is 5.92 Å². The summed E-state index contributed by atoms with van der Waals surface area (Å²) in [7, 11) is 0. The minimum absolute atomic E-state index is 0.0306. The average molecular weight is 478 g/mol. The van der Waals surface area contributed by atoms with E-state index in [0.29, 0.717) is 29.3 Å². The molecule has 0 spiro atoms. The van der Waals surface area contributed by atoms with E-state index in [0.717, 1.165) is 51.1 Å². The Morgan fingerprint density at radius 1 is 1.00 bits per heavy atom. The number of ether oxygens (including phenoxy) is 1. The predicted molar refractivity (Wildman–Crippen MR) is 141 cm³/mol.